The maximum absolute atomic E-state index is 12.6. The number of hydrogen-bond donors (Lipinski definition) is 0. The molecular weight excluding hydrogens is 345 g/mol. The van der Waals surface area contributed by atoms with Gasteiger partial charge in [-0.15, -0.1) is 11.7 Å². The van der Waals surface area contributed by atoms with E-state index in [4.69, 9.17) is 11.6 Å². The zero-order valence-electron chi connectivity index (χ0n) is 12.7. The molecule has 0 fully saturated rings. The van der Waals surface area contributed by atoms with Gasteiger partial charge in [0.15, 0.2) is 5.69 Å². The summed E-state index contributed by atoms with van der Waals surface area (Å²) in [5.41, 5.74) is 0.720. The van der Waals surface area contributed by atoms with E-state index in [1.165, 1.54) is 10.8 Å². The van der Waals surface area contributed by atoms with Crippen molar-refractivity contribution < 1.29 is 18.0 Å². The minimum Gasteiger partial charge on any atom is -0.324 e. The standard InChI is InChI=1S/C15H14ClF3N4O/c1-3-7-22(9-15(17,18)19)14(24)13-10(2)23(21-20-13)12-6-4-5-11(16)8-12/h3-6,8H,1,7,9H2,2H3. The minimum atomic E-state index is -4.52. The number of halogens is 4. The molecule has 0 N–H and O–H groups in total. The molecule has 24 heavy (non-hydrogen) atoms. The van der Waals surface area contributed by atoms with Crippen molar-refractivity contribution in [3.05, 3.63) is 53.3 Å². The Labute approximate surface area is 141 Å². The second kappa shape index (κ2) is 7.04. The highest BCUT2D eigenvalue weighted by atomic mass is 35.5. The highest BCUT2D eigenvalue weighted by Gasteiger charge is 2.34. The zero-order valence-corrected chi connectivity index (χ0v) is 13.5. The molecule has 0 aliphatic carbocycles. The van der Waals surface area contributed by atoms with Crippen LogP contribution in [0.3, 0.4) is 0 Å². The first kappa shape index (κ1) is 18.0. The quantitative estimate of drug-likeness (QED) is 0.769. The largest absolute Gasteiger partial charge is 0.406 e. The molecule has 2 rings (SSSR count). The van der Waals surface area contributed by atoms with Gasteiger partial charge in [0.25, 0.3) is 5.91 Å². The molecule has 1 amide bonds. The summed E-state index contributed by atoms with van der Waals surface area (Å²) in [5.74, 6) is -0.863. The van der Waals surface area contributed by atoms with Crippen molar-refractivity contribution in [3.63, 3.8) is 0 Å². The molecule has 1 heterocycles. The highest BCUT2D eigenvalue weighted by Crippen LogP contribution is 2.20. The van der Waals surface area contributed by atoms with E-state index in [2.05, 4.69) is 16.9 Å². The van der Waals surface area contributed by atoms with E-state index in [-0.39, 0.29) is 12.2 Å². The lowest BCUT2D eigenvalue weighted by molar-refractivity contribution is -0.139. The van der Waals surface area contributed by atoms with Gasteiger partial charge in [0.05, 0.1) is 11.4 Å². The third kappa shape index (κ3) is 4.14. The van der Waals surface area contributed by atoms with Gasteiger partial charge in [0.2, 0.25) is 0 Å². The van der Waals surface area contributed by atoms with E-state index in [0.717, 1.165) is 0 Å². The molecule has 0 bridgehead atoms. The van der Waals surface area contributed by atoms with Crippen LogP contribution in [0.5, 0.6) is 0 Å². The van der Waals surface area contributed by atoms with Crippen molar-refractivity contribution in [2.45, 2.75) is 13.1 Å². The maximum atomic E-state index is 12.6. The van der Waals surface area contributed by atoms with E-state index in [0.29, 0.717) is 21.3 Å². The molecule has 9 heteroatoms. The topological polar surface area (TPSA) is 51.0 Å². The van der Waals surface area contributed by atoms with Crippen LogP contribution in [-0.4, -0.2) is 45.1 Å². The molecule has 0 saturated carbocycles. The Bertz CT molecular complexity index is 757. The third-order valence-electron chi connectivity index (χ3n) is 3.16. The van der Waals surface area contributed by atoms with Crippen molar-refractivity contribution in [2.24, 2.45) is 0 Å². The van der Waals surface area contributed by atoms with Gasteiger partial charge in [0, 0.05) is 11.6 Å². The lowest BCUT2D eigenvalue weighted by Crippen LogP contribution is -2.39. The molecule has 0 aliphatic rings. The number of aromatic nitrogens is 3. The van der Waals surface area contributed by atoms with Crippen LogP contribution in [-0.2, 0) is 0 Å². The van der Waals surface area contributed by atoms with Crippen LogP contribution in [0.15, 0.2) is 36.9 Å². The Morgan fingerprint density at radius 3 is 2.75 bits per heavy atom. The Morgan fingerprint density at radius 1 is 1.46 bits per heavy atom. The van der Waals surface area contributed by atoms with Crippen molar-refractivity contribution in [2.75, 3.05) is 13.1 Å². The number of carbonyl (C=O) groups excluding carboxylic acids is 1. The van der Waals surface area contributed by atoms with E-state index in [9.17, 15) is 18.0 Å². The second-order valence-electron chi connectivity index (χ2n) is 5.00. The highest BCUT2D eigenvalue weighted by molar-refractivity contribution is 6.30. The molecule has 0 spiro atoms. The number of carbonyl (C=O) groups is 1. The molecule has 1 aromatic carbocycles. The summed E-state index contributed by atoms with van der Waals surface area (Å²) < 4.78 is 39.3. The van der Waals surface area contributed by atoms with Crippen LogP contribution in [0.2, 0.25) is 5.02 Å². The summed E-state index contributed by atoms with van der Waals surface area (Å²) in [6.07, 6.45) is -3.30. The monoisotopic (exact) mass is 358 g/mol. The molecule has 0 atom stereocenters. The summed E-state index contributed by atoms with van der Waals surface area (Å²) >= 11 is 5.91. The Kier molecular flexibility index (Phi) is 5.28. The first-order chi connectivity index (χ1) is 11.2. The zero-order chi connectivity index (χ0) is 17.9. The number of nitrogens with zero attached hydrogens (tertiary/aromatic N) is 4. The van der Waals surface area contributed by atoms with Crippen molar-refractivity contribution in [3.8, 4) is 5.69 Å². The summed E-state index contributed by atoms with van der Waals surface area (Å²) in [5, 5.41) is 8.03. The fraction of sp³-hybridized carbons (Fsp3) is 0.267. The SMILES string of the molecule is C=CCN(CC(F)(F)F)C(=O)c1nnn(-c2cccc(Cl)c2)c1C. The van der Waals surface area contributed by atoms with Gasteiger partial charge >= 0.3 is 6.18 Å². The lowest BCUT2D eigenvalue weighted by atomic mass is 10.2. The number of rotatable bonds is 5. The van der Waals surface area contributed by atoms with E-state index < -0.39 is 18.6 Å². The number of alkyl halides is 3. The van der Waals surface area contributed by atoms with Crippen molar-refractivity contribution in [1.82, 2.24) is 19.9 Å². The van der Waals surface area contributed by atoms with Crippen molar-refractivity contribution >= 4 is 17.5 Å². The second-order valence-corrected chi connectivity index (χ2v) is 5.44. The summed E-state index contributed by atoms with van der Waals surface area (Å²) in [4.78, 5) is 13.0. The molecule has 0 unspecified atom stereocenters. The van der Waals surface area contributed by atoms with Crippen LogP contribution in [0.1, 0.15) is 16.2 Å². The van der Waals surface area contributed by atoms with E-state index in [1.807, 2.05) is 0 Å². The molecule has 128 valence electrons. The van der Waals surface area contributed by atoms with Crippen LogP contribution < -0.4 is 0 Å². The Hall–Kier alpha value is -2.35. The number of benzene rings is 1. The van der Waals surface area contributed by atoms with E-state index in [1.54, 1.807) is 31.2 Å². The Morgan fingerprint density at radius 2 is 2.17 bits per heavy atom. The normalized spacial score (nSPS) is 11.4. The van der Waals surface area contributed by atoms with Gasteiger partial charge in [-0.25, -0.2) is 4.68 Å². The predicted molar refractivity (Wildman–Crippen MR) is 83.3 cm³/mol. The minimum absolute atomic E-state index is 0.152. The molecule has 1 aromatic heterocycles. The first-order valence-electron chi connectivity index (χ1n) is 6.88. The van der Waals surface area contributed by atoms with Gasteiger partial charge in [-0.1, -0.05) is 29.0 Å². The first-order valence-corrected chi connectivity index (χ1v) is 7.26. The van der Waals surface area contributed by atoms with Crippen LogP contribution in [0, 0.1) is 6.92 Å². The summed E-state index contributed by atoms with van der Waals surface area (Å²) in [7, 11) is 0. The Balaban J connectivity index is 2.34. The average Bonchev–Trinajstić information content (AvgIpc) is 2.86. The average molecular weight is 359 g/mol. The lowest BCUT2D eigenvalue weighted by Gasteiger charge is -2.21. The predicted octanol–water partition coefficient (Wildman–Crippen LogP) is 3.42. The molecule has 0 aliphatic heterocycles. The van der Waals surface area contributed by atoms with Gasteiger partial charge in [-0.2, -0.15) is 13.2 Å². The summed E-state index contributed by atoms with van der Waals surface area (Å²) in [6.45, 7) is 3.29. The van der Waals surface area contributed by atoms with Crippen LogP contribution in [0.4, 0.5) is 13.2 Å². The molecule has 0 saturated heterocycles. The molecule has 0 radical (unpaired) electrons. The van der Waals surface area contributed by atoms with Gasteiger partial charge in [0.1, 0.15) is 6.54 Å². The molecule has 5 nitrogen and oxygen atoms in total. The van der Waals surface area contributed by atoms with Crippen LogP contribution >= 0.6 is 11.6 Å². The maximum Gasteiger partial charge on any atom is 0.406 e. The third-order valence-corrected chi connectivity index (χ3v) is 3.39. The number of amides is 1. The molecular formula is C15H14ClF3N4O. The van der Waals surface area contributed by atoms with Gasteiger partial charge in [-0.05, 0) is 25.1 Å². The van der Waals surface area contributed by atoms with Gasteiger partial charge < -0.3 is 4.90 Å². The summed E-state index contributed by atoms with van der Waals surface area (Å²) in [6, 6.07) is 6.65. The number of hydrogen-bond acceptors (Lipinski definition) is 3. The van der Waals surface area contributed by atoms with Crippen molar-refractivity contribution in [1.29, 1.82) is 0 Å². The van der Waals surface area contributed by atoms with E-state index >= 15 is 0 Å². The molecule has 2 aromatic rings. The fourth-order valence-corrected chi connectivity index (χ4v) is 2.31. The fourth-order valence-electron chi connectivity index (χ4n) is 2.12. The van der Waals surface area contributed by atoms with Crippen LogP contribution in [0.25, 0.3) is 5.69 Å². The van der Waals surface area contributed by atoms with Gasteiger partial charge in [-0.3, -0.25) is 4.79 Å². The smallest absolute Gasteiger partial charge is 0.324 e.